The Morgan fingerprint density at radius 1 is 1.20 bits per heavy atom. The highest BCUT2D eigenvalue weighted by molar-refractivity contribution is 7.85. The highest BCUT2D eigenvalue weighted by Crippen LogP contribution is 2.39. The number of ether oxygens (including phenoxy) is 2. The van der Waals surface area contributed by atoms with Crippen molar-refractivity contribution < 1.29 is 36.1 Å². The van der Waals surface area contributed by atoms with Gasteiger partial charge in [-0.25, -0.2) is 24.1 Å². The molecule has 14 heteroatoms. The van der Waals surface area contributed by atoms with Gasteiger partial charge >= 0.3 is 6.09 Å². The zero-order valence-corrected chi connectivity index (χ0v) is 26.0. The quantitative estimate of drug-likeness (QED) is 0.271. The lowest BCUT2D eigenvalue weighted by atomic mass is 9.97. The summed E-state index contributed by atoms with van der Waals surface area (Å²) < 4.78 is 55.3. The predicted octanol–water partition coefficient (Wildman–Crippen LogP) is 5.15. The maximum Gasteiger partial charge on any atom is 0.417 e. The molecule has 2 amide bonds. The molecule has 6 rings (SSSR count). The molecule has 12 nitrogen and oxygen atoms in total. The van der Waals surface area contributed by atoms with Crippen LogP contribution in [0.15, 0.2) is 48.8 Å². The fourth-order valence-corrected chi connectivity index (χ4v) is 5.86. The fraction of sp³-hybridized carbons (Fsp3) is 0.355. The summed E-state index contributed by atoms with van der Waals surface area (Å²) in [5, 5.41) is 3.20. The molecule has 1 atom stereocenters. The van der Waals surface area contributed by atoms with Gasteiger partial charge in [-0.3, -0.25) is 13.4 Å². The number of aromatic nitrogens is 3. The second-order valence-corrected chi connectivity index (χ2v) is 13.6. The van der Waals surface area contributed by atoms with Gasteiger partial charge in [-0.15, -0.1) is 0 Å². The zero-order valence-electron chi connectivity index (χ0n) is 25.2. The van der Waals surface area contributed by atoms with Crippen LogP contribution in [0.25, 0.3) is 16.9 Å². The molecule has 0 radical (unpaired) electrons. The van der Waals surface area contributed by atoms with Gasteiger partial charge in [0.25, 0.3) is 16.0 Å². The number of amides is 2. The predicted molar refractivity (Wildman–Crippen MR) is 162 cm³/mol. The first-order valence-corrected chi connectivity index (χ1v) is 16.1. The third-order valence-corrected chi connectivity index (χ3v) is 8.05. The summed E-state index contributed by atoms with van der Waals surface area (Å²) >= 11 is 0. The Labute approximate surface area is 259 Å². The molecule has 1 saturated heterocycles. The summed E-state index contributed by atoms with van der Waals surface area (Å²) in [6, 6.07) is 9.68. The zero-order chi connectivity index (χ0) is 32.1. The van der Waals surface area contributed by atoms with Crippen molar-refractivity contribution in [2.75, 3.05) is 24.8 Å². The molecule has 0 unspecified atom stereocenters. The second-order valence-electron chi connectivity index (χ2n) is 12.0. The Kier molecular flexibility index (Phi) is 7.83. The number of rotatable bonds is 7. The summed E-state index contributed by atoms with van der Waals surface area (Å²) in [5.41, 5.74) is 3.18. The monoisotopic (exact) mass is 637 g/mol. The fourth-order valence-electron chi connectivity index (χ4n) is 5.53. The number of anilines is 2. The van der Waals surface area contributed by atoms with Gasteiger partial charge in [-0.2, -0.15) is 8.42 Å². The molecule has 0 saturated carbocycles. The van der Waals surface area contributed by atoms with Crippen LogP contribution in [0.2, 0.25) is 0 Å². The summed E-state index contributed by atoms with van der Waals surface area (Å²) in [4.78, 5) is 37.0. The van der Waals surface area contributed by atoms with Gasteiger partial charge in [0.15, 0.2) is 0 Å². The van der Waals surface area contributed by atoms with Gasteiger partial charge in [0.1, 0.15) is 29.5 Å². The van der Waals surface area contributed by atoms with Crippen molar-refractivity contribution in [1.82, 2.24) is 19.3 Å². The van der Waals surface area contributed by atoms with E-state index in [9.17, 15) is 22.4 Å². The Morgan fingerprint density at radius 3 is 2.71 bits per heavy atom. The van der Waals surface area contributed by atoms with E-state index in [2.05, 4.69) is 15.3 Å². The first kappa shape index (κ1) is 30.6. The van der Waals surface area contributed by atoms with E-state index in [1.807, 2.05) is 6.07 Å². The standard InChI is InChI=1S/C31H32FN5O7S/c1-31(2,3)44-30(39)37-15-22-21(25-14-33-27-13-19(32)9-11-36(25)27)5-7-23(28(22)29(37)38)34-26-8-6-20(18-10-12-42-16-18)24(35-26)17-43-45(4,40)41/h5-9,11,13-14,18H,10,12,15-17H2,1-4H3,(H,34,35)/t18-/m1/s1. The average molecular weight is 638 g/mol. The molecule has 0 spiro atoms. The van der Waals surface area contributed by atoms with Gasteiger partial charge in [0.05, 0.1) is 48.2 Å². The Morgan fingerprint density at radius 2 is 2.00 bits per heavy atom. The molecule has 1 fully saturated rings. The minimum absolute atomic E-state index is 0.0381. The minimum Gasteiger partial charge on any atom is -0.443 e. The number of imidazole rings is 1. The van der Waals surface area contributed by atoms with Crippen molar-refractivity contribution in [3.05, 3.63) is 77.0 Å². The number of fused-ring (bicyclic) bond motifs is 2. The molecule has 0 bridgehead atoms. The number of nitrogens with zero attached hydrogens (tertiary/aromatic N) is 4. The summed E-state index contributed by atoms with van der Waals surface area (Å²) in [6.07, 6.45) is 4.08. The Hall–Kier alpha value is -4.40. The Balaban J connectivity index is 1.42. The maximum atomic E-state index is 13.9. The van der Waals surface area contributed by atoms with Crippen LogP contribution in [0.1, 0.15) is 60.3 Å². The smallest absolute Gasteiger partial charge is 0.417 e. The SMILES string of the molecule is CC(C)(C)OC(=O)N1Cc2c(-c3cnc4cc(F)ccn34)ccc(Nc3ccc([C@@H]4CCOC4)c(COS(C)(=O)=O)n3)c2C1=O. The molecular weight excluding hydrogens is 605 g/mol. The van der Waals surface area contributed by atoms with Crippen molar-refractivity contribution in [2.24, 2.45) is 0 Å². The molecule has 2 aliphatic rings. The molecule has 3 aromatic heterocycles. The van der Waals surface area contributed by atoms with Crippen LogP contribution in [0.4, 0.5) is 20.7 Å². The lowest BCUT2D eigenvalue weighted by molar-refractivity contribution is 0.0248. The molecule has 4 aromatic rings. The number of pyridine rings is 2. The van der Waals surface area contributed by atoms with E-state index >= 15 is 0 Å². The molecule has 5 heterocycles. The summed E-state index contributed by atoms with van der Waals surface area (Å²) in [5.74, 6) is -0.621. The van der Waals surface area contributed by atoms with Gasteiger partial charge < -0.3 is 14.8 Å². The van der Waals surface area contributed by atoms with E-state index in [1.54, 1.807) is 55.8 Å². The normalized spacial score (nSPS) is 16.8. The molecule has 236 valence electrons. The average Bonchev–Trinajstić information content (AvgIpc) is 3.70. The van der Waals surface area contributed by atoms with Crippen molar-refractivity contribution in [3.63, 3.8) is 0 Å². The van der Waals surface area contributed by atoms with Crippen LogP contribution in [-0.2, 0) is 36.9 Å². The van der Waals surface area contributed by atoms with Crippen LogP contribution in [0.3, 0.4) is 0 Å². The minimum atomic E-state index is -3.74. The number of imide groups is 1. The Bertz CT molecular complexity index is 1930. The van der Waals surface area contributed by atoms with E-state index in [1.165, 1.54) is 12.1 Å². The van der Waals surface area contributed by atoms with Crippen LogP contribution < -0.4 is 5.32 Å². The van der Waals surface area contributed by atoms with E-state index in [-0.39, 0.29) is 24.6 Å². The highest BCUT2D eigenvalue weighted by Gasteiger charge is 2.39. The number of hydrogen-bond acceptors (Lipinski definition) is 10. The highest BCUT2D eigenvalue weighted by atomic mass is 32.2. The summed E-state index contributed by atoms with van der Waals surface area (Å²) in [7, 11) is -3.74. The van der Waals surface area contributed by atoms with Crippen LogP contribution in [0.5, 0.6) is 0 Å². The van der Waals surface area contributed by atoms with E-state index in [0.29, 0.717) is 52.9 Å². The molecule has 45 heavy (non-hydrogen) atoms. The van der Waals surface area contributed by atoms with Crippen LogP contribution >= 0.6 is 0 Å². The topological polar surface area (TPSA) is 141 Å². The van der Waals surface area contributed by atoms with Gasteiger partial charge in [-0.05, 0) is 56.5 Å². The molecular formula is C31H32FN5O7S. The number of benzene rings is 1. The molecule has 1 aromatic carbocycles. The van der Waals surface area contributed by atoms with Crippen LogP contribution in [-0.4, -0.2) is 64.8 Å². The van der Waals surface area contributed by atoms with Crippen LogP contribution in [0, 0.1) is 5.82 Å². The second kappa shape index (κ2) is 11.5. The number of carbonyl (C=O) groups excluding carboxylic acids is 2. The van der Waals surface area contributed by atoms with Crippen molar-refractivity contribution in [2.45, 2.75) is 51.9 Å². The lowest BCUT2D eigenvalue weighted by Gasteiger charge is -2.23. The van der Waals surface area contributed by atoms with E-state index < -0.39 is 33.5 Å². The molecule has 1 N–H and O–H groups in total. The third kappa shape index (κ3) is 6.39. The first-order chi connectivity index (χ1) is 21.3. The number of hydrogen-bond donors (Lipinski definition) is 1. The number of nitrogens with one attached hydrogen (secondary N) is 1. The van der Waals surface area contributed by atoms with E-state index in [4.69, 9.17) is 13.7 Å². The van der Waals surface area contributed by atoms with Crippen molar-refractivity contribution in [3.8, 4) is 11.3 Å². The lowest BCUT2D eigenvalue weighted by Crippen LogP contribution is -2.37. The largest absolute Gasteiger partial charge is 0.443 e. The molecule has 0 aliphatic carbocycles. The first-order valence-electron chi connectivity index (χ1n) is 14.3. The third-order valence-electron chi connectivity index (χ3n) is 7.50. The van der Waals surface area contributed by atoms with E-state index in [0.717, 1.165) is 23.1 Å². The number of carbonyl (C=O) groups is 2. The molecule has 2 aliphatic heterocycles. The van der Waals surface area contributed by atoms with Crippen molar-refractivity contribution in [1.29, 1.82) is 0 Å². The summed E-state index contributed by atoms with van der Waals surface area (Å²) in [6.45, 7) is 5.89. The number of halogens is 1. The maximum absolute atomic E-state index is 13.9. The van der Waals surface area contributed by atoms with Crippen molar-refractivity contribution >= 4 is 39.3 Å². The van der Waals surface area contributed by atoms with Gasteiger partial charge in [-0.1, -0.05) is 12.1 Å². The van der Waals surface area contributed by atoms with Gasteiger partial charge in [0, 0.05) is 30.4 Å². The van der Waals surface area contributed by atoms with Gasteiger partial charge in [0.2, 0.25) is 0 Å².